The number of hydrogen-bond acceptors (Lipinski definition) is 4. The standard InChI is InChI=1S/C27H35N3O3/c1-33-23-10-8-9-21(19-23)20-29-17-13-22(14-18-29)26(31)28-25-12-5-4-11-24(25)27(32)30-15-6-2-3-7-16-30/h4-5,8-12,19,22H,2-3,6-7,13-18,20H2,1H3,(H,28,31). The van der Waals surface area contributed by atoms with Crippen LogP contribution in [0.4, 0.5) is 5.69 Å². The highest BCUT2D eigenvalue weighted by molar-refractivity contribution is 6.04. The van der Waals surface area contributed by atoms with Gasteiger partial charge in [-0.1, -0.05) is 37.1 Å². The van der Waals surface area contributed by atoms with E-state index in [0.717, 1.165) is 64.2 Å². The van der Waals surface area contributed by atoms with E-state index >= 15 is 0 Å². The molecule has 33 heavy (non-hydrogen) atoms. The second-order valence-electron chi connectivity index (χ2n) is 9.14. The summed E-state index contributed by atoms with van der Waals surface area (Å²) in [6.07, 6.45) is 6.09. The van der Waals surface area contributed by atoms with Crippen LogP contribution in [0.5, 0.6) is 5.75 Å². The van der Waals surface area contributed by atoms with Gasteiger partial charge in [0.2, 0.25) is 5.91 Å². The minimum Gasteiger partial charge on any atom is -0.497 e. The van der Waals surface area contributed by atoms with Crippen LogP contribution in [-0.4, -0.2) is 54.9 Å². The molecule has 2 aliphatic heterocycles. The molecule has 0 bridgehead atoms. The first-order chi connectivity index (χ1) is 16.1. The molecule has 1 N–H and O–H groups in total. The zero-order valence-corrected chi connectivity index (χ0v) is 19.6. The molecule has 2 aromatic carbocycles. The van der Waals surface area contributed by atoms with Gasteiger partial charge in [0.05, 0.1) is 18.4 Å². The van der Waals surface area contributed by atoms with Crippen LogP contribution in [0.3, 0.4) is 0 Å². The lowest BCUT2D eigenvalue weighted by molar-refractivity contribution is -0.121. The van der Waals surface area contributed by atoms with Crippen molar-refractivity contribution in [3.8, 4) is 5.75 Å². The molecule has 2 aliphatic rings. The number of carbonyl (C=O) groups is 2. The maximum absolute atomic E-state index is 13.2. The molecule has 0 radical (unpaired) electrons. The lowest BCUT2D eigenvalue weighted by Crippen LogP contribution is -2.38. The minimum absolute atomic E-state index is 0.0205. The number of amides is 2. The van der Waals surface area contributed by atoms with E-state index in [4.69, 9.17) is 4.74 Å². The van der Waals surface area contributed by atoms with Crippen molar-refractivity contribution in [3.05, 3.63) is 59.7 Å². The Morgan fingerprint density at radius 2 is 1.67 bits per heavy atom. The number of methoxy groups -OCH3 is 1. The molecule has 0 saturated carbocycles. The van der Waals surface area contributed by atoms with Gasteiger partial charge in [-0.15, -0.1) is 0 Å². The Bertz CT molecular complexity index is 945. The van der Waals surface area contributed by atoms with E-state index in [1.807, 2.05) is 41.3 Å². The number of benzene rings is 2. The molecule has 0 aliphatic carbocycles. The van der Waals surface area contributed by atoms with Crippen LogP contribution in [0.15, 0.2) is 48.5 Å². The van der Waals surface area contributed by atoms with E-state index in [9.17, 15) is 9.59 Å². The van der Waals surface area contributed by atoms with Crippen LogP contribution in [0.2, 0.25) is 0 Å². The largest absolute Gasteiger partial charge is 0.497 e. The van der Waals surface area contributed by atoms with Gasteiger partial charge in [-0.2, -0.15) is 0 Å². The van der Waals surface area contributed by atoms with Gasteiger partial charge in [0, 0.05) is 25.6 Å². The van der Waals surface area contributed by atoms with Crippen molar-refractivity contribution in [3.63, 3.8) is 0 Å². The highest BCUT2D eigenvalue weighted by Gasteiger charge is 2.27. The van der Waals surface area contributed by atoms with Crippen LogP contribution in [-0.2, 0) is 11.3 Å². The van der Waals surface area contributed by atoms with Crippen molar-refractivity contribution >= 4 is 17.5 Å². The summed E-state index contributed by atoms with van der Waals surface area (Å²) in [5.74, 6) is 0.885. The fourth-order valence-electron chi connectivity index (χ4n) is 4.84. The fraction of sp³-hybridized carbons (Fsp3) is 0.481. The molecule has 6 heteroatoms. The summed E-state index contributed by atoms with van der Waals surface area (Å²) in [4.78, 5) is 30.5. The maximum Gasteiger partial charge on any atom is 0.255 e. The zero-order chi connectivity index (χ0) is 23.0. The summed E-state index contributed by atoms with van der Waals surface area (Å²) >= 11 is 0. The molecule has 2 aromatic rings. The second kappa shape index (κ2) is 11.3. The predicted molar refractivity (Wildman–Crippen MR) is 130 cm³/mol. The van der Waals surface area contributed by atoms with Crippen molar-refractivity contribution in [2.45, 2.75) is 45.1 Å². The molecule has 0 atom stereocenters. The van der Waals surface area contributed by atoms with Gasteiger partial charge < -0.3 is 15.0 Å². The number of likely N-dealkylation sites (tertiary alicyclic amines) is 2. The summed E-state index contributed by atoms with van der Waals surface area (Å²) in [5, 5.41) is 3.07. The molecule has 0 aromatic heterocycles. The smallest absolute Gasteiger partial charge is 0.255 e. The molecule has 2 amide bonds. The van der Waals surface area contributed by atoms with Crippen LogP contribution >= 0.6 is 0 Å². The molecule has 2 saturated heterocycles. The Kier molecular flexibility index (Phi) is 8.00. The Labute approximate surface area is 196 Å². The summed E-state index contributed by atoms with van der Waals surface area (Å²) in [5.41, 5.74) is 2.46. The van der Waals surface area contributed by atoms with Crippen molar-refractivity contribution in [2.24, 2.45) is 5.92 Å². The van der Waals surface area contributed by atoms with E-state index in [0.29, 0.717) is 11.3 Å². The summed E-state index contributed by atoms with van der Waals surface area (Å²) in [6.45, 7) is 4.21. The average Bonchev–Trinajstić information content (AvgIpc) is 3.14. The average molecular weight is 450 g/mol. The fourth-order valence-corrected chi connectivity index (χ4v) is 4.84. The van der Waals surface area contributed by atoms with Crippen molar-refractivity contribution in [1.82, 2.24) is 9.80 Å². The van der Waals surface area contributed by atoms with Crippen LogP contribution < -0.4 is 10.1 Å². The third-order valence-electron chi connectivity index (χ3n) is 6.81. The van der Waals surface area contributed by atoms with Gasteiger partial charge in [-0.3, -0.25) is 14.5 Å². The van der Waals surface area contributed by atoms with E-state index in [-0.39, 0.29) is 17.7 Å². The number of hydrogen-bond donors (Lipinski definition) is 1. The van der Waals surface area contributed by atoms with E-state index in [1.165, 1.54) is 18.4 Å². The lowest BCUT2D eigenvalue weighted by atomic mass is 9.95. The molecule has 2 fully saturated rings. The van der Waals surface area contributed by atoms with Crippen molar-refractivity contribution in [2.75, 3.05) is 38.6 Å². The van der Waals surface area contributed by atoms with Crippen LogP contribution in [0, 0.1) is 5.92 Å². The molecule has 2 heterocycles. The Morgan fingerprint density at radius 1 is 0.939 bits per heavy atom. The number of carbonyl (C=O) groups excluding carboxylic acids is 2. The number of piperidine rings is 1. The number of nitrogens with one attached hydrogen (secondary N) is 1. The quantitative estimate of drug-likeness (QED) is 0.702. The maximum atomic E-state index is 13.2. The van der Waals surface area contributed by atoms with Gasteiger partial charge >= 0.3 is 0 Å². The van der Waals surface area contributed by atoms with Gasteiger partial charge in [0.25, 0.3) is 5.91 Å². The molecule has 0 unspecified atom stereocenters. The van der Waals surface area contributed by atoms with Crippen molar-refractivity contribution < 1.29 is 14.3 Å². The molecular formula is C27H35N3O3. The van der Waals surface area contributed by atoms with Gasteiger partial charge in [0.15, 0.2) is 0 Å². The molecule has 4 rings (SSSR count). The van der Waals surface area contributed by atoms with Gasteiger partial charge in [0.1, 0.15) is 5.75 Å². The number of rotatable bonds is 6. The van der Waals surface area contributed by atoms with E-state index in [1.54, 1.807) is 7.11 Å². The van der Waals surface area contributed by atoms with Crippen LogP contribution in [0.1, 0.15) is 54.4 Å². The number of para-hydroxylation sites is 1. The molecule has 0 spiro atoms. The minimum atomic E-state index is -0.0343. The van der Waals surface area contributed by atoms with Gasteiger partial charge in [-0.25, -0.2) is 0 Å². The van der Waals surface area contributed by atoms with Crippen LogP contribution in [0.25, 0.3) is 0 Å². The zero-order valence-electron chi connectivity index (χ0n) is 19.6. The number of anilines is 1. The van der Waals surface area contributed by atoms with Gasteiger partial charge in [-0.05, 0) is 68.6 Å². The summed E-state index contributed by atoms with van der Waals surface area (Å²) in [6, 6.07) is 15.6. The molecular weight excluding hydrogens is 414 g/mol. The first kappa shape index (κ1) is 23.3. The number of nitrogens with zero attached hydrogens (tertiary/aromatic N) is 2. The first-order valence-corrected chi connectivity index (χ1v) is 12.2. The van der Waals surface area contributed by atoms with E-state index < -0.39 is 0 Å². The molecule has 176 valence electrons. The highest BCUT2D eigenvalue weighted by Crippen LogP contribution is 2.24. The number of ether oxygens (including phenoxy) is 1. The normalized spacial score (nSPS) is 17.9. The van der Waals surface area contributed by atoms with E-state index in [2.05, 4.69) is 22.3 Å². The SMILES string of the molecule is COc1cccc(CN2CCC(C(=O)Nc3ccccc3C(=O)N3CCCCCC3)CC2)c1. The summed E-state index contributed by atoms with van der Waals surface area (Å²) < 4.78 is 5.32. The van der Waals surface area contributed by atoms with Crippen molar-refractivity contribution in [1.29, 1.82) is 0 Å². The third-order valence-corrected chi connectivity index (χ3v) is 6.81. The monoisotopic (exact) mass is 449 g/mol. The Morgan fingerprint density at radius 3 is 2.39 bits per heavy atom. The second-order valence-corrected chi connectivity index (χ2v) is 9.14. The first-order valence-electron chi connectivity index (χ1n) is 12.2. The molecule has 6 nitrogen and oxygen atoms in total. The Balaban J connectivity index is 1.33. The highest BCUT2D eigenvalue weighted by atomic mass is 16.5. The topological polar surface area (TPSA) is 61.9 Å². The Hall–Kier alpha value is -2.86. The lowest BCUT2D eigenvalue weighted by Gasteiger charge is -2.31. The third kappa shape index (κ3) is 6.14. The predicted octanol–water partition coefficient (Wildman–Crippen LogP) is 4.56. The summed E-state index contributed by atoms with van der Waals surface area (Å²) in [7, 11) is 1.68.